The van der Waals surface area contributed by atoms with Gasteiger partial charge in [0.2, 0.25) is 0 Å². The van der Waals surface area contributed by atoms with Gasteiger partial charge in [-0.3, -0.25) is 5.32 Å². The van der Waals surface area contributed by atoms with Crippen molar-refractivity contribution in [3.8, 4) is 0 Å². The maximum atomic E-state index is 4.19. The highest BCUT2D eigenvalue weighted by Gasteiger charge is 2.10. The highest BCUT2D eigenvalue weighted by atomic mass is 32.2. The van der Waals surface area contributed by atoms with Gasteiger partial charge >= 0.3 is 0 Å². The van der Waals surface area contributed by atoms with Crippen LogP contribution in [0, 0.1) is 5.92 Å². The predicted molar refractivity (Wildman–Crippen MR) is 78.7 cm³/mol. The Kier molecular flexibility index (Phi) is 8.33. The molecule has 0 saturated carbocycles. The molecular formula is C15H26NS. The van der Waals surface area contributed by atoms with E-state index in [4.69, 9.17) is 0 Å². The van der Waals surface area contributed by atoms with E-state index in [1.807, 2.05) is 24.2 Å². The number of hydrogen-bond acceptors (Lipinski definition) is 1. The Morgan fingerprint density at radius 2 is 1.82 bits per heavy atom. The van der Waals surface area contributed by atoms with Gasteiger partial charge in [0.25, 0.3) is 0 Å². The molecule has 1 nitrogen and oxygen atoms in total. The lowest BCUT2D eigenvalue weighted by atomic mass is 10.0. The molecule has 1 aliphatic rings. The Bertz CT molecular complexity index is 245. The SMILES string of the molecule is CCCCCCCCCC(C)C1=C[N]C=CS1. The van der Waals surface area contributed by atoms with Gasteiger partial charge in [0, 0.05) is 17.3 Å². The highest BCUT2D eigenvalue weighted by molar-refractivity contribution is 8.05. The summed E-state index contributed by atoms with van der Waals surface area (Å²) in [5.74, 6) is 0.685. The van der Waals surface area contributed by atoms with Crippen molar-refractivity contribution in [3.63, 3.8) is 0 Å². The molecule has 1 unspecified atom stereocenters. The molecule has 97 valence electrons. The van der Waals surface area contributed by atoms with Gasteiger partial charge in [-0.25, -0.2) is 0 Å². The number of hydrogen-bond donors (Lipinski definition) is 0. The van der Waals surface area contributed by atoms with Crippen LogP contribution >= 0.6 is 11.8 Å². The van der Waals surface area contributed by atoms with Crippen LogP contribution in [0.3, 0.4) is 0 Å². The standard InChI is InChI=1S/C15H26NS/c1-3-4-5-6-7-8-9-10-14(2)15-13-16-11-12-17-15/h11-14H,3-10H2,1-2H3. The van der Waals surface area contributed by atoms with Crippen molar-refractivity contribution < 1.29 is 0 Å². The first-order chi connectivity index (χ1) is 8.34. The van der Waals surface area contributed by atoms with Gasteiger partial charge in [0.15, 0.2) is 0 Å². The molecule has 1 radical (unpaired) electrons. The minimum Gasteiger partial charge on any atom is -0.263 e. The van der Waals surface area contributed by atoms with Crippen LogP contribution in [0.5, 0.6) is 0 Å². The van der Waals surface area contributed by atoms with E-state index in [9.17, 15) is 0 Å². The normalized spacial score (nSPS) is 16.5. The Morgan fingerprint density at radius 1 is 1.12 bits per heavy atom. The zero-order valence-electron chi connectivity index (χ0n) is 11.3. The van der Waals surface area contributed by atoms with Gasteiger partial charge in [0.05, 0.1) is 0 Å². The third-order valence-electron chi connectivity index (χ3n) is 3.28. The average Bonchev–Trinajstić information content (AvgIpc) is 2.38. The molecule has 0 amide bonds. The molecule has 0 bridgehead atoms. The van der Waals surface area contributed by atoms with E-state index >= 15 is 0 Å². The van der Waals surface area contributed by atoms with E-state index in [0.717, 1.165) is 0 Å². The van der Waals surface area contributed by atoms with Gasteiger partial charge in [-0.1, -0.05) is 70.6 Å². The van der Waals surface area contributed by atoms with Crippen LogP contribution in [-0.4, -0.2) is 0 Å². The van der Waals surface area contributed by atoms with Crippen LogP contribution in [0.2, 0.25) is 0 Å². The highest BCUT2D eigenvalue weighted by Crippen LogP contribution is 2.30. The van der Waals surface area contributed by atoms with E-state index in [1.54, 1.807) is 0 Å². The van der Waals surface area contributed by atoms with Gasteiger partial charge < -0.3 is 0 Å². The van der Waals surface area contributed by atoms with Crippen LogP contribution in [0.25, 0.3) is 0 Å². The molecule has 0 aromatic carbocycles. The quantitative estimate of drug-likeness (QED) is 0.499. The zero-order valence-corrected chi connectivity index (χ0v) is 12.1. The number of unbranched alkanes of at least 4 members (excludes halogenated alkanes) is 6. The zero-order chi connectivity index (χ0) is 12.3. The van der Waals surface area contributed by atoms with Crippen molar-refractivity contribution >= 4 is 11.8 Å². The largest absolute Gasteiger partial charge is 0.263 e. The minimum atomic E-state index is 0.685. The monoisotopic (exact) mass is 252 g/mol. The Balaban J connectivity index is 1.97. The Labute approximate surface area is 111 Å². The number of allylic oxidation sites excluding steroid dienone is 1. The number of thioether (sulfide) groups is 1. The molecule has 0 saturated heterocycles. The molecule has 0 aromatic rings. The first-order valence-electron chi connectivity index (χ1n) is 7.06. The van der Waals surface area contributed by atoms with E-state index < -0.39 is 0 Å². The summed E-state index contributed by atoms with van der Waals surface area (Å²) >= 11 is 1.83. The summed E-state index contributed by atoms with van der Waals surface area (Å²) in [7, 11) is 0. The second-order valence-electron chi connectivity index (χ2n) is 4.89. The second-order valence-corrected chi connectivity index (χ2v) is 5.87. The van der Waals surface area contributed by atoms with Gasteiger partial charge in [-0.15, -0.1) is 0 Å². The summed E-state index contributed by atoms with van der Waals surface area (Å²) in [4.78, 5) is 1.43. The van der Waals surface area contributed by atoms with E-state index in [2.05, 4.69) is 24.6 Å². The fourth-order valence-electron chi connectivity index (χ4n) is 2.08. The molecular weight excluding hydrogens is 226 g/mol. The smallest absolute Gasteiger partial charge is 0.0369 e. The van der Waals surface area contributed by atoms with E-state index in [0.29, 0.717) is 5.92 Å². The first-order valence-corrected chi connectivity index (χ1v) is 7.94. The molecule has 0 aliphatic carbocycles. The minimum absolute atomic E-state index is 0.685. The molecule has 0 N–H and O–H groups in total. The van der Waals surface area contributed by atoms with Gasteiger partial charge in [0.1, 0.15) is 0 Å². The van der Waals surface area contributed by atoms with Crippen molar-refractivity contribution in [1.29, 1.82) is 0 Å². The molecule has 2 heteroatoms. The van der Waals surface area contributed by atoms with Crippen molar-refractivity contribution in [2.45, 2.75) is 65.2 Å². The second kappa shape index (κ2) is 9.64. The maximum Gasteiger partial charge on any atom is 0.0369 e. The topological polar surface area (TPSA) is 14.1 Å². The summed E-state index contributed by atoms with van der Waals surface area (Å²) in [6.45, 7) is 4.60. The summed E-state index contributed by atoms with van der Waals surface area (Å²) < 4.78 is 0. The first kappa shape index (κ1) is 14.7. The van der Waals surface area contributed by atoms with Gasteiger partial charge in [-0.2, -0.15) is 0 Å². The molecule has 17 heavy (non-hydrogen) atoms. The average molecular weight is 252 g/mol. The van der Waals surface area contributed by atoms with Crippen LogP contribution in [0.4, 0.5) is 0 Å². The number of nitrogens with zero attached hydrogens (tertiary/aromatic N) is 1. The Morgan fingerprint density at radius 3 is 2.47 bits per heavy atom. The molecule has 1 atom stereocenters. The molecule has 1 aliphatic heterocycles. The van der Waals surface area contributed by atoms with Crippen LogP contribution in [0.1, 0.15) is 65.2 Å². The summed E-state index contributed by atoms with van der Waals surface area (Å²) in [5, 5.41) is 6.27. The van der Waals surface area contributed by atoms with Crippen LogP contribution in [0.15, 0.2) is 22.7 Å². The molecule has 0 aromatic heterocycles. The summed E-state index contributed by atoms with van der Waals surface area (Å²) in [5.41, 5.74) is 0. The molecule has 1 rings (SSSR count). The predicted octanol–water partition coefficient (Wildman–Crippen LogP) is 5.43. The lowest BCUT2D eigenvalue weighted by molar-refractivity contribution is 0.533. The lowest BCUT2D eigenvalue weighted by Gasteiger charge is -2.15. The molecule has 0 fully saturated rings. The summed E-state index contributed by atoms with van der Waals surface area (Å²) in [6, 6.07) is 0. The van der Waals surface area contributed by atoms with E-state index in [1.165, 1.54) is 56.3 Å². The van der Waals surface area contributed by atoms with Crippen LogP contribution < -0.4 is 5.32 Å². The Hall–Kier alpha value is -0.370. The van der Waals surface area contributed by atoms with Crippen molar-refractivity contribution in [3.05, 3.63) is 22.7 Å². The third kappa shape index (κ3) is 6.82. The van der Waals surface area contributed by atoms with Crippen molar-refractivity contribution in [1.82, 2.24) is 5.32 Å². The van der Waals surface area contributed by atoms with Crippen molar-refractivity contribution in [2.24, 2.45) is 5.92 Å². The maximum absolute atomic E-state index is 4.19. The van der Waals surface area contributed by atoms with E-state index in [-0.39, 0.29) is 0 Å². The number of rotatable bonds is 9. The lowest BCUT2D eigenvalue weighted by Crippen LogP contribution is -2.01. The van der Waals surface area contributed by atoms with Crippen LogP contribution in [-0.2, 0) is 0 Å². The fourth-order valence-corrected chi connectivity index (χ4v) is 2.84. The fraction of sp³-hybridized carbons (Fsp3) is 0.733. The third-order valence-corrected chi connectivity index (χ3v) is 4.32. The molecule has 1 heterocycles. The van der Waals surface area contributed by atoms with Gasteiger partial charge in [-0.05, 0) is 17.7 Å². The summed E-state index contributed by atoms with van der Waals surface area (Å²) in [6.07, 6.45) is 15.0. The molecule has 0 spiro atoms. The van der Waals surface area contributed by atoms with Crippen molar-refractivity contribution in [2.75, 3.05) is 0 Å².